The highest BCUT2D eigenvalue weighted by Gasteiger charge is 2.21. The van der Waals surface area contributed by atoms with Gasteiger partial charge < -0.3 is 9.84 Å². The maximum Gasteiger partial charge on any atom is 0.123 e. The predicted molar refractivity (Wildman–Crippen MR) is 72.7 cm³/mol. The third-order valence-corrected chi connectivity index (χ3v) is 3.83. The lowest BCUT2D eigenvalue weighted by Gasteiger charge is -2.29. The Morgan fingerprint density at radius 2 is 2.21 bits per heavy atom. The molecular formula is C15H22FNO2. The number of methoxy groups -OCH3 is 1. The minimum atomic E-state index is -0.244. The van der Waals surface area contributed by atoms with Gasteiger partial charge in [0.1, 0.15) is 11.6 Å². The lowest BCUT2D eigenvalue weighted by molar-refractivity contribution is 0.117. The average Bonchev–Trinajstić information content (AvgIpc) is 2.64. The van der Waals surface area contributed by atoms with Crippen molar-refractivity contribution in [1.29, 1.82) is 0 Å². The molecule has 1 fully saturated rings. The molecule has 3 nitrogen and oxygen atoms in total. The third kappa shape index (κ3) is 3.67. The van der Waals surface area contributed by atoms with Crippen LogP contribution >= 0.6 is 0 Å². The van der Waals surface area contributed by atoms with Crippen LogP contribution in [0.5, 0.6) is 5.75 Å². The third-order valence-electron chi connectivity index (χ3n) is 3.83. The normalized spacial score (nSPS) is 21.1. The van der Waals surface area contributed by atoms with Gasteiger partial charge in [0.2, 0.25) is 0 Å². The molecular weight excluding hydrogens is 245 g/mol. The number of ether oxygens (including phenoxy) is 1. The summed E-state index contributed by atoms with van der Waals surface area (Å²) in [6, 6.07) is 4.78. The lowest BCUT2D eigenvalue weighted by atomic mass is 10.1. The van der Waals surface area contributed by atoms with Crippen molar-refractivity contribution in [3.63, 3.8) is 0 Å². The molecule has 0 saturated carbocycles. The molecule has 0 bridgehead atoms. The molecule has 1 aromatic carbocycles. The Balaban J connectivity index is 2.15. The minimum Gasteiger partial charge on any atom is -0.496 e. The molecule has 1 aliphatic rings. The van der Waals surface area contributed by atoms with E-state index in [9.17, 15) is 9.50 Å². The minimum absolute atomic E-state index is 0.164. The Labute approximate surface area is 114 Å². The smallest absolute Gasteiger partial charge is 0.123 e. The Morgan fingerprint density at radius 3 is 2.95 bits per heavy atom. The van der Waals surface area contributed by atoms with Gasteiger partial charge in [-0.1, -0.05) is 12.8 Å². The van der Waals surface area contributed by atoms with Gasteiger partial charge in [0.25, 0.3) is 0 Å². The number of nitrogens with zero attached hydrogens (tertiary/aromatic N) is 1. The van der Waals surface area contributed by atoms with E-state index in [1.54, 1.807) is 13.2 Å². The molecule has 0 aromatic heterocycles. The fourth-order valence-electron chi connectivity index (χ4n) is 2.74. The van der Waals surface area contributed by atoms with E-state index in [4.69, 9.17) is 4.74 Å². The zero-order chi connectivity index (χ0) is 13.7. The van der Waals surface area contributed by atoms with Crippen LogP contribution in [0.2, 0.25) is 0 Å². The van der Waals surface area contributed by atoms with Crippen molar-refractivity contribution < 1.29 is 14.2 Å². The van der Waals surface area contributed by atoms with Gasteiger partial charge in [0, 0.05) is 18.2 Å². The topological polar surface area (TPSA) is 32.7 Å². The second-order valence-corrected chi connectivity index (χ2v) is 5.11. The zero-order valence-electron chi connectivity index (χ0n) is 11.4. The van der Waals surface area contributed by atoms with E-state index in [0.29, 0.717) is 12.3 Å². The molecule has 2 rings (SSSR count). The highest BCUT2D eigenvalue weighted by Crippen LogP contribution is 2.24. The summed E-state index contributed by atoms with van der Waals surface area (Å²) in [5.74, 6) is 0.466. The summed E-state index contributed by atoms with van der Waals surface area (Å²) in [6.45, 7) is 1.74. The van der Waals surface area contributed by atoms with Crippen LogP contribution in [-0.4, -0.2) is 36.3 Å². The standard InChI is InChI=1S/C15H22FNO2/c1-19-15-7-6-13(16)9-12(15)10-17-8-4-2-3-5-14(17)11-18/h6-7,9,14,18H,2-5,8,10-11H2,1H3. The molecule has 1 atom stereocenters. The molecule has 1 aliphatic heterocycles. The van der Waals surface area contributed by atoms with Crippen molar-refractivity contribution >= 4 is 0 Å². The molecule has 106 valence electrons. The van der Waals surface area contributed by atoms with E-state index >= 15 is 0 Å². The van der Waals surface area contributed by atoms with Crippen molar-refractivity contribution in [2.24, 2.45) is 0 Å². The monoisotopic (exact) mass is 267 g/mol. The highest BCUT2D eigenvalue weighted by molar-refractivity contribution is 5.33. The number of halogens is 1. The zero-order valence-corrected chi connectivity index (χ0v) is 11.4. The maximum absolute atomic E-state index is 13.4. The predicted octanol–water partition coefficient (Wildman–Crippen LogP) is 2.57. The lowest BCUT2D eigenvalue weighted by Crippen LogP contribution is -2.37. The van der Waals surface area contributed by atoms with Crippen LogP contribution in [0.4, 0.5) is 4.39 Å². The first kappa shape index (κ1) is 14.3. The molecule has 0 amide bonds. The van der Waals surface area contributed by atoms with Crippen LogP contribution < -0.4 is 4.74 Å². The van der Waals surface area contributed by atoms with Crippen molar-refractivity contribution in [3.05, 3.63) is 29.6 Å². The van der Waals surface area contributed by atoms with Crippen molar-refractivity contribution in [2.45, 2.75) is 38.3 Å². The first-order valence-corrected chi connectivity index (χ1v) is 6.92. The van der Waals surface area contributed by atoms with Gasteiger partial charge in [-0.2, -0.15) is 0 Å². The number of hydrogen-bond acceptors (Lipinski definition) is 3. The van der Waals surface area contributed by atoms with Gasteiger partial charge in [0.05, 0.1) is 13.7 Å². The number of likely N-dealkylation sites (tertiary alicyclic amines) is 1. The largest absolute Gasteiger partial charge is 0.496 e. The molecule has 4 heteroatoms. The quantitative estimate of drug-likeness (QED) is 0.910. The molecule has 0 aliphatic carbocycles. The SMILES string of the molecule is COc1ccc(F)cc1CN1CCCCCC1CO. The van der Waals surface area contributed by atoms with Crippen LogP contribution in [0.15, 0.2) is 18.2 Å². The number of aliphatic hydroxyl groups excluding tert-OH is 1. The van der Waals surface area contributed by atoms with E-state index < -0.39 is 0 Å². The summed E-state index contributed by atoms with van der Waals surface area (Å²) < 4.78 is 18.7. The van der Waals surface area contributed by atoms with Crippen LogP contribution in [0.25, 0.3) is 0 Å². The molecule has 19 heavy (non-hydrogen) atoms. The summed E-state index contributed by atoms with van der Waals surface area (Å²) in [6.07, 6.45) is 4.50. The molecule has 1 N–H and O–H groups in total. The fourth-order valence-corrected chi connectivity index (χ4v) is 2.74. The second-order valence-electron chi connectivity index (χ2n) is 5.11. The van der Waals surface area contributed by atoms with E-state index in [1.165, 1.54) is 18.6 Å². The van der Waals surface area contributed by atoms with Gasteiger partial charge in [-0.05, 0) is 37.6 Å². The fraction of sp³-hybridized carbons (Fsp3) is 0.600. The Hall–Kier alpha value is -1.13. The number of aliphatic hydroxyl groups is 1. The van der Waals surface area contributed by atoms with E-state index in [-0.39, 0.29) is 18.5 Å². The Morgan fingerprint density at radius 1 is 1.37 bits per heavy atom. The van der Waals surface area contributed by atoms with Crippen molar-refractivity contribution in [1.82, 2.24) is 4.90 Å². The molecule has 1 unspecified atom stereocenters. The summed E-state index contributed by atoms with van der Waals surface area (Å²) in [4.78, 5) is 2.24. The van der Waals surface area contributed by atoms with Gasteiger partial charge in [0.15, 0.2) is 0 Å². The molecule has 0 radical (unpaired) electrons. The summed E-state index contributed by atoms with van der Waals surface area (Å²) in [7, 11) is 1.60. The summed E-state index contributed by atoms with van der Waals surface area (Å²) >= 11 is 0. The van der Waals surface area contributed by atoms with Gasteiger partial charge in [-0.3, -0.25) is 4.90 Å². The van der Waals surface area contributed by atoms with Crippen molar-refractivity contribution in [3.8, 4) is 5.75 Å². The van der Waals surface area contributed by atoms with E-state index in [1.807, 2.05) is 0 Å². The van der Waals surface area contributed by atoms with Gasteiger partial charge in [-0.25, -0.2) is 4.39 Å². The maximum atomic E-state index is 13.4. The summed E-state index contributed by atoms with van der Waals surface area (Å²) in [5, 5.41) is 9.50. The van der Waals surface area contributed by atoms with E-state index in [2.05, 4.69) is 4.90 Å². The first-order valence-electron chi connectivity index (χ1n) is 6.92. The molecule has 1 saturated heterocycles. The first-order chi connectivity index (χ1) is 9.24. The number of rotatable bonds is 4. The number of hydrogen-bond donors (Lipinski definition) is 1. The Kier molecular flexibility index (Phi) is 5.16. The van der Waals surface area contributed by atoms with Gasteiger partial charge in [-0.15, -0.1) is 0 Å². The average molecular weight is 267 g/mol. The Bertz CT molecular complexity index is 411. The van der Waals surface area contributed by atoms with Crippen LogP contribution in [0.1, 0.15) is 31.2 Å². The summed E-state index contributed by atoms with van der Waals surface area (Å²) in [5.41, 5.74) is 0.850. The molecule has 0 spiro atoms. The van der Waals surface area contributed by atoms with Crippen LogP contribution in [-0.2, 0) is 6.54 Å². The van der Waals surface area contributed by atoms with Crippen molar-refractivity contribution in [2.75, 3.05) is 20.3 Å². The number of benzene rings is 1. The highest BCUT2D eigenvalue weighted by atomic mass is 19.1. The van der Waals surface area contributed by atoms with Gasteiger partial charge >= 0.3 is 0 Å². The molecule has 1 heterocycles. The van der Waals surface area contributed by atoms with Crippen LogP contribution in [0, 0.1) is 5.82 Å². The second kappa shape index (κ2) is 6.87. The van der Waals surface area contributed by atoms with E-state index in [0.717, 1.165) is 31.4 Å². The molecule has 1 aromatic rings. The van der Waals surface area contributed by atoms with Crippen LogP contribution in [0.3, 0.4) is 0 Å².